The van der Waals surface area contributed by atoms with Gasteiger partial charge in [-0.15, -0.1) is 0 Å². The Morgan fingerprint density at radius 2 is 1.27 bits per heavy atom. The van der Waals surface area contributed by atoms with E-state index >= 15 is 0 Å². The van der Waals surface area contributed by atoms with Crippen molar-refractivity contribution in [2.24, 2.45) is 11.3 Å². The minimum Gasteiger partial charge on any atom is -0.303 e. The van der Waals surface area contributed by atoms with Crippen molar-refractivity contribution in [1.29, 1.82) is 0 Å². The van der Waals surface area contributed by atoms with Crippen LogP contribution in [0.5, 0.6) is 0 Å². The molecule has 88 valence electrons. The van der Waals surface area contributed by atoms with E-state index in [0.29, 0.717) is 5.92 Å². The molecule has 1 aliphatic rings. The summed E-state index contributed by atoms with van der Waals surface area (Å²) in [5.41, 5.74) is -0.00264. The van der Waals surface area contributed by atoms with Crippen molar-refractivity contribution in [1.82, 2.24) is 0 Å². The van der Waals surface area contributed by atoms with Crippen molar-refractivity contribution in [3.63, 3.8) is 0 Å². The van der Waals surface area contributed by atoms with Gasteiger partial charge in [0.05, 0.1) is 0 Å². The highest BCUT2D eigenvalue weighted by atomic mass is 16.1. The zero-order valence-electron chi connectivity index (χ0n) is 10.4. The van der Waals surface area contributed by atoms with Crippen LogP contribution in [0.1, 0.15) is 71.6 Å². The molecule has 15 heavy (non-hydrogen) atoms. The number of aldehydes is 1. The zero-order chi connectivity index (χ0) is 11.1. The number of carbonyl (C=O) groups is 1. The highest BCUT2D eigenvalue weighted by molar-refractivity contribution is 5.59. The third-order valence-electron chi connectivity index (χ3n) is 4.17. The zero-order valence-corrected chi connectivity index (χ0v) is 10.4. The molecule has 0 aromatic heterocycles. The Bertz CT molecular complexity index is 174. The summed E-state index contributed by atoms with van der Waals surface area (Å²) in [6.07, 6.45) is 12.8. The van der Waals surface area contributed by atoms with E-state index in [2.05, 4.69) is 13.8 Å². The first-order chi connectivity index (χ1) is 7.21. The molecule has 1 fully saturated rings. The Hall–Kier alpha value is -0.330. The smallest absolute Gasteiger partial charge is 0.126 e. The van der Waals surface area contributed by atoms with Crippen LogP contribution < -0.4 is 0 Å². The van der Waals surface area contributed by atoms with Gasteiger partial charge in [-0.1, -0.05) is 58.8 Å². The first-order valence-corrected chi connectivity index (χ1v) is 6.67. The minimum atomic E-state index is -0.00264. The third-order valence-corrected chi connectivity index (χ3v) is 4.17. The molecule has 1 nitrogen and oxygen atoms in total. The summed E-state index contributed by atoms with van der Waals surface area (Å²) >= 11 is 0. The largest absolute Gasteiger partial charge is 0.303 e. The lowest BCUT2D eigenvalue weighted by molar-refractivity contribution is -0.119. The van der Waals surface area contributed by atoms with Gasteiger partial charge in [0.1, 0.15) is 6.29 Å². The molecule has 0 saturated heterocycles. The second kappa shape index (κ2) is 6.30. The molecular weight excluding hydrogens is 184 g/mol. The monoisotopic (exact) mass is 210 g/mol. The van der Waals surface area contributed by atoms with Crippen LogP contribution in [-0.4, -0.2) is 6.29 Å². The van der Waals surface area contributed by atoms with Gasteiger partial charge in [0.25, 0.3) is 0 Å². The molecule has 1 rings (SSSR count). The summed E-state index contributed by atoms with van der Waals surface area (Å²) in [5, 5.41) is 0. The predicted octanol–water partition coefficient (Wildman–Crippen LogP) is 4.35. The number of hydrogen-bond acceptors (Lipinski definition) is 1. The minimum absolute atomic E-state index is 0.00264. The Labute approximate surface area is 94.6 Å². The van der Waals surface area contributed by atoms with E-state index in [1.54, 1.807) is 0 Å². The van der Waals surface area contributed by atoms with Crippen molar-refractivity contribution in [2.45, 2.75) is 71.6 Å². The molecule has 0 unspecified atom stereocenters. The van der Waals surface area contributed by atoms with Crippen molar-refractivity contribution in [2.75, 3.05) is 0 Å². The molecule has 0 aliphatic heterocycles. The van der Waals surface area contributed by atoms with Gasteiger partial charge in [-0.3, -0.25) is 0 Å². The molecule has 0 N–H and O–H groups in total. The average Bonchev–Trinajstić information content (AvgIpc) is 2.25. The lowest BCUT2D eigenvalue weighted by atomic mass is 9.70. The van der Waals surface area contributed by atoms with Crippen LogP contribution >= 0.6 is 0 Å². The molecule has 0 aromatic rings. The quantitative estimate of drug-likeness (QED) is 0.619. The SMILES string of the molecule is CC(C)C1(C=O)CCCCCCCCC1. The topological polar surface area (TPSA) is 17.1 Å². The van der Waals surface area contributed by atoms with Crippen LogP contribution in [0.2, 0.25) is 0 Å². The predicted molar refractivity (Wildman–Crippen MR) is 64.9 cm³/mol. The summed E-state index contributed by atoms with van der Waals surface area (Å²) < 4.78 is 0. The van der Waals surface area contributed by atoms with Crippen molar-refractivity contribution < 1.29 is 4.79 Å². The fourth-order valence-electron chi connectivity index (χ4n) is 2.75. The van der Waals surface area contributed by atoms with Crippen LogP contribution in [0.25, 0.3) is 0 Å². The molecule has 0 bridgehead atoms. The van der Waals surface area contributed by atoms with E-state index in [1.807, 2.05) is 0 Å². The Morgan fingerprint density at radius 3 is 1.60 bits per heavy atom. The van der Waals surface area contributed by atoms with Gasteiger partial charge in [-0.25, -0.2) is 0 Å². The lowest BCUT2D eigenvalue weighted by Gasteiger charge is -2.33. The standard InChI is InChI=1S/C14H26O/c1-13(2)14(12-15)10-8-6-4-3-5-7-9-11-14/h12-13H,3-11H2,1-2H3. The average molecular weight is 210 g/mol. The highest BCUT2D eigenvalue weighted by Crippen LogP contribution is 2.37. The molecule has 0 amide bonds. The van der Waals surface area contributed by atoms with Crippen LogP contribution in [0, 0.1) is 11.3 Å². The second-order valence-corrected chi connectivity index (χ2v) is 5.48. The maximum Gasteiger partial charge on any atom is 0.126 e. The number of carbonyl (C=O) groups excluding carboxylic acids is 1. The molecule has 0 radical (unpaired) electrons. The van der Waals surface area contributed by atoms with Crippen molar-refractivity contribution in [3.05, 3.63) is 0 Å². The van der Waals surface area contributed by atoms with E-state index < -0.39 is 0 Å². The molecule has 1 saturated carbocycles. The molecular formula is C14H26O. The number of rotatable bonds is 2. The van der Waals surface area contributed by atoms with Crippen LogP contribution in [-0.2, 0) is 4.79 Å². The van der Waals surface area contributed by atoms with Gasteiger partial charge < -0.3 is 4.79 Å². The van der Waals surface area contributed by atoms with Crippen LogP contribution in [0.15, 0.2) is 0 Å². The van der Waals surface area contributed by atoms with Gasteiger partial charge in [0.2, 0.25) is 0 Å². The van der Waals surface area contributed by atoms with Crippen molar-refractivity contribution >= 4 is 6.29 Å². The van der Waals surface area contributed by atoms with Crippen molar-refractivity contribution in [3.8, 4) is 0 Å². The summed E-state index contributed by atoms with van der Waals surface area (Å²) in [7, 11) is 0. The fourth-order valence-corrected chi connectivity index (χ4v) is 2.75. The van der Waals surface area contributed by atoms with E-state index in [0.717, 1.165) is 12.8 Å². The summed E-state index contributed by atoms with van der Waals surface area (Å²) in [6, 6.07) is 0. The van der Waals surface area contributed by atoms with Gasteiger partial charge >= 0.3 is 0 Å². The Balaban J connectivity index is 2.59. The van der Waals surface area contributed by atoms with Gasteiger partial charge in [0.15, 0.2) is 0 Å². The Kier molecular flexibility index (Phi) is 5.35. The first kappa shape index (κ1) is 12.7. The van der Waals surface area contributed by atoms with E-state index in [-0.39, 0.29) is 5.41 Å². The van der Waals surface area contributed by atoms with E-state index in [9.17, 15) is 4.79 Å². The summed E-state index contributed by atoms with van der Waals surface area (Å²) in [4.78, 5) is 11.4. The molecule has 0 heterocycles. The maximum absolute atomic E-state index is 11.4. The van der Waals surface area contributed by atoms with E-state index in [1.165, 1.54) is 51.2 Å². The van der Waals surface area contributed by atoms with Crippen LogP contribution in [0.3, 0.4) is 0 Å². The van der Waals surface area contributed by atoms with Gasteiger partial charge in [-0.05, 0) is 18.8 Å². The molecule has 1 aliphatic carbocycles. The normalized spacial score (nSPS) is 23.7. The fraction of sp³-hybridized carbons (Fsp3) is 0.929. The van der Waals surface area contributed by atoms with Crippen LogP contribution in [0.4, 0.5) is 0 Å². The molecule has 0 aromatic carbocycles. The van der Waals surface area contributed by atoms with Gasteiger partial charge in [-0.2, -0.15) is 0 Å². The summed E-state index contributed by atoms with van der Waals surface area (Å²) in [5.74, 6) is 0.509. The third kappa shape index (κ3) is 3.62. The van der Waals surface area contributed by atoms with Gasteiger partial charge in [0, 0.05) is 5.41 Å². The Morgan fingerprint density at radius 1 is 0.867 bits per heavy atom. The number of hydrogen-bond donors (Lipinski definition) is 0. The molecule has 1 heteroatoms. The van der Waals surface area contributed by atoms with E-state index in [4.69, 9.17) is 0 Å². The molecule has 0 spiro atoms. The lowest BCUT2D eigenvalue weighted by Crippen LogP contribution is -2.29. The first-order valence-electron chi connectivity index (χ1n) is 6.67. The summed E-state index contributed by atoms with van der Waals surface area (Å²) in [6.45, 7) is 4.42. The molecule has 0 atom stereocenters. The highest BCUT2D eigenvalue weighted by Gasteiger charge is 2.32. The maximum atomic E-state index is 11.4. The second-order valence-electron chi connectivity index (χ2n) is 5.48.